The van der Waals surface area contributed by atoms with Gasteiger partial charge in [0.2, 0.25) is 0 Å². The molecule has 0 radical (unpaired) electrons. The van der Waals surface area contributed by atoms with Gasteiger partial charge in [0.1, 0.15) is 0 Å². The van der Waals surface area contributed by atoms with Gasteiger partial charge in [-0.25, -0.2) is 13.2 Å². The number of para-hydroxylation sites is 1. The van der Waals surface area contributed by atoms with E-state index < -0.39 is 16.0 Å². The standard InChI is InChI=1S/C30H37NO4S/c1-19(2)24-17-26(20(3)4)29(27(18-24)21(5)6)36(34,35)31-28-14-10-8-12-23(28)16-15-22-11-7-9-13-25(22)30(32)33/h7-14,17-21,31H,15-16H2,1-6H3,(H,32,33). The van der Waals surface area contributed by atoms with E-state index in [9.17, 15) is 18.3 Å². The maximum absolute atomic E-state index is 13.9. The zero-order valence-corrected chi connectivity index (χ0v) is 22.8. The summed E-state index contributed by atoms with van der Waals surface area (Å²) in [7, 11) is -3.88. The lowest BCUT2D eigenvalue weighted by Crippen LogP contribution is -2.20. The number of carboxylic acids is 1. The predicted octanol–water partition coefficient (Wildman–Crippen LogP) is 7.34. The van der Waals surface area contributed by atoms with E-state index in [1.807, 2.05) is 58.0 Å². The second kappa shape index (κ2) is 11.3. The van der Waals surface area contributed by atoms with Crippen LogP contribution in [0.15, 0.2) is 65.6 Å². The van der Waals surface area contributed by atoms with Gasteiger partial charge < -0.3 is 5.11 Å². The Morgan fingerprint density at radius 1 is 0.778 bits per heavy atom. The molecule has 3 aromatic rings. The van der Waals surface area contributed by atoms with Gasteiger partial charge in [0.05, 0.1) is 16.1 Å². The molecule has 36 heavy (non-hydrogen) atoms. The summed E-state index contributed by atoms with van der Waals surface area (Å²) in [4.78, 5) is 12.0. The van der Waals surface area contributed by atoms with Crippen LogP contribution in [0.2, 0.25) is 0 Å². The number of sulfonamides is 1. The van der Waals surface area contributed by atoms with Crippen molar-refractivity contribution in [2.75, 3.05) is 4.72 Å². The number of aromatic carboxylic acids is 1. The predicted molar refractivity (Wildman–Crippen MR) is 147 cm³/mol. The summed E-state index contributed by atoms with van der Waals surface area (Å²) in [5.41, 5.74) is 5.11. The largest absolute Gasteiger partial charge is 0.478 e. The van der Waals surface area contributed by atoms with Crippen molar-refractivity contribution in [1.29, 1.82) is 0 Å². The van der Waals surface area contributed by atoms with Crippen molar-refractivity contribution in [3.8, 4) is 0 Å². The van der Waals surface area contributed by atoms with Crippen LogP contribution in [0.5, 0.6) is 0 Å². The molecule has 6 heteroatoms. The molecule has 0 aromatic heterocycles. The molecule has 0 amide bonds. The molecule has 0 aliphatic rings. The average molecular weight is 508 g/mol. The van der Waals surface area contributed by atoms with Gasteiger partial charge in [0.25, 0.3) is 10.0 Å². The minimum atomic E-state index is -3.88. The van der Waals surface area contributed by atoms with Crippen molar-refractivity contribution >= 4 is 21.7 Å². The quantitative estimate of drug-likeness (QED) is 0.301. The molecule has 0 aliphatic carbocycles. The van der Waals surface area contributed by atoms with Crippen LogP contribution in [0.3, 0.4) is 0 Å². The number of nitrogens with one attached hydrogen (secondary N) is 1. The van der Waals surface area contributed by atoms with Gasteiger partial charge in [-0.2, -0.15) is 0 Å². The number of benzene rings is 3. The topological polar surface area (TPSA) is 83.5 Å². The Morgan fingerprint density at radius 3 is 1.81 bits per heavy atom. The lowest BCUT2D eigenvalue weighted by molar-refractivity contribution is 0.0695. The third-order valence-corrected chi connectivity index (χ3v) is 8.02. The number of anilines is 1. The van der Waals surface area contributed by atoms with Crippen LogP contribution in [0.25, 0.3) is 0 Å². The van der Waals surface area contributed by atoms with E-state index in [1.165, 1.54) is 0 Å². The van der Waals surface area contributed by atoms with Crippen LogP contribution >= 0.6 is 0 Å². The fraction of sp³-hybridized carbons (Fsp3) is 0.367. The Balaban J connectivity index is 2.02. The molecule has 192 valence electrons. The molecule has 0 unspecified atom stereocenters. The zero-order chi connectivity index (χ0) is 26.6. The molecule has 0 fully saturated rings. The lowest BCUT2D eigenvalue weighted by atomic mass is 9.89. The lowest BCUT2D eigenvalue weighted by Gasteiger charge is -2.23. The number of hydrogen-bond donors (Lipinski definition) is 2. The maximum atomic E-state index is 13.9. The van der Waals surface area contributed by atoms with Gasteiger partial charge in [0, 0.05) is 0 Å². The van der Waals surface area contributed by atoms with E-state index in [4.69, 9.17) is 0 Å². The number of carboxylic acid groups (broad SMARTS) is 1. The van der Waals surface area contributed by atoms with E-state index >= 15 is 0 Å². The summed E-state index contributed by atoms with van der Waals surface area (Å²) in [6, 6.07) is 18.3. The number of rotatable bonds is 10. The Hall–Kier alpha value is -3.12. The number of hydrogen-bond acceptors (Lipinski definition) is 3. The molecule has 0 bridgehead atoms. The summed E-state index contributed by atoms with van der Waals surface area (Å²) in [5, 5.41) is 9.50. The van der Waals surface area contributed by atoms with Crippen molar-refractivity contribution in [3.63, 3.8) is 0 Å². The van der Waals surface area contributed by atoms with Crippen LogP contribution in [0, 0.1) is 0 Å². The maximum Gasteiger partial charge on any atom is 0.335 e. The van der Waals surface area contributed by atoms with Crippen LogP contribution in [0.4, 0.5) is 5.69 Å². The Labute approximate surface area is 215 Å². The summed E-state index contributed by atoms with van der Waals surface area (Å²) in [6.07, 6.45) is 0.988. The summed E-state index contributed by atoms with van der Waals surface area (Å²) in [6.45, 7) is 12.3. The van der Waals surface area contributed by atoms with E-state index in [1.54, 1.807) is 30.3 Å². The highest BCUT2D eigenvalue weighted by Gasteiger charge is 2.27. The smallest absolute Gasteiger partial charge is 0.335 e. The van der Waals surface area contributed by atoms with Gasteiger partial charge in [-0.05, 0) is 70.5 Å². The SMILES string of the molecule is CC(C)c1cc(C(C)C)c(S(=O)(=O)Nc2ccccc2CCc2ccccc2C(=O)O)c(C(C)C)c1. The normalized spacial score (nSPS) is 11.9. The van der Waals surface area contributed by atoms with E-state index in [0.29, 0.717) is 29.3 Å². The molecule has 3 rings (SSSR count). The van der Waals surface area contributed by atoms with Crippen molar-refractivity contribution in [2.45, 2.75) is 77.0 Å². The molecule has 0 spiro atoms. The molecule has 0 saturated heterocycles. The fourth-order valence-electron chi connectivity index (χ4n) is 4.45. The van der Waals surface area contributed by atoms with Crippen LogP contribution in [0.1, 0.15) is 97.5 Å². The molecule has 5 nitrogen and oxygen atoms in total. The fourth-order valence-corrected chi connectivity index (χ4v) is 6.25. The highest BCUT2D eigenvalue weighted by molar-refractivity contribution is 7.92. The minimum absolute atomic E-state index is 0.0375. The van der Waals surface area contributed by atoms with Crippen molar-refractivity contribution in [3.05, 3.63) is 94.0 Å². The first kappa shape index (κ1) is 27.5. The van der Waals surface area contributed by atoms with Gasteiger partial charge >= 0.3 is 5.97 Å². The molecular formula is C30H37NO4S. The third kappa shape index (κ3) is 6.16. The second-order valence-corrected chi connectivity index (χ2v) is 11.8. The van der Waals surface area contributed by atoms with Crippen LogP contribution in [-0.4, -0.2) is 19.5 Å². The highest BCUT2D eigenvalue weighted by atomic mass is 32.2. The van der Waals surface area contributed by atoms with Gasteiger partial charge in [-0.3, -0.25) is 4.72 Å². The molecule has 0 aliphatic heterocycles. The van der Waals surface area contributed by atoms with Gasteiger partial charge in [0.15, 0.2) is 0 Å². The number of aryl methyl sites for hydroxylation is 2. The van der Waals surface area contributed by atoms with Crippen LogP contribution in [-0.2, 0) is 22.9 Å². The highest BCUT2D eigenvalue weighted by Crippen LogP contribution is 2.36. The monoisotopic (exact) mass is 507 g/mol. The van der Waals surface area contributed by atoms with Crippen LogP contribution < -0.4 is 4.72 Å². The molecule has 3 aromatic carbocycles. The Morgan fingerprint density at radius 2 is 1.28 bits per heavy atom. The summed E-state index contributed by atoms with van der Waals surface area (Å²) in [5.74, 6) is -0.600. The molecular weight excluding hydrogens is 470 g/mol. The van der Waals surface area contributed by atoms with Gasteiger partial charge in [-0.1, -0.05) is 90.1 Å². The second-order valence-electron chi connectivity index (χ2n) is 10.2. The molecule has 0 heterocycles. The number of carbonyl (C=O) groups is 1. The Kier molecular flexibility index (Phi) is 8.62. The molecule has 2 N–H and O–H groups in total. The van der Waals surface area contributed by atoms with E-state index in [0.717, 1.165) is 27.8 Å². The van der Waals surface area contributed by atoms with E-state index in [2.05, 4.69) is 18.6 Å². The summed E-state index contributed by atoms with van der Waals surface area (Å²) < 4.78 is 30.7. The molecule has 0 saturated carbocycles. The van der Waals surface area contributed by atoms with Crippen molar-refractivity contribution in [2.24, 2.45) is 0 Å². The third-order valence-electron chi connectivity index (χ3n) is 6.52. The zero-order valence-electron chi connectivity index (χ0n) is 22.0. The minimum Gasteiger partial charge on any atom is -0.478 e. The van der Waals surface area contributed by atoms with Gasteiger partial charge in [-0.15, -0.1) is 0 Å². The first-order valence-electron chi connectivity index (χ1n) is 12.5. The summed E-state index contributed by atoms with van der Waals surface area (Å²) >= 11 is 0. The Bertz CT molecular complexity index is 1310. The van der Waals surface area contributed by atoms with E-state index in [-0.39, 0.29) is 17.4 Å². The first-order valence-corrected chi connectivity index (χ1v) is 14.0. The van der Waals surface area contributed by atoms with Crippen molar-refractivity contribution in [1.82, 2.24) is 0 Å². The first-order chi connectivity index (χ1) is 16.9. The van der Waals surface area contributed by atoms with Crippen molar-refractivity contribution < 1.29 is 18.3 Å². The molecule has 0 atom stereocenters. The average Bonchev–Trinajstić information content (AvgIpc) is 2.82.